The van der Waals surface area contributed by atoms with Gasteiger partial charge in [0.1, 0.15) is 5.60 Å². The van der Waals surface area contributed by atoms with Gasteiger partial charge in [-0.2, -0.15) is 10.1 Å². The van der Waals surface area contributed by atoms with Crippen LogP contribution in [0.3, 0.4) is 0 Å². The lowest BCUT2D eigenvalue weighted by Gasteiger charge is -2.24. The molecule has 1 amide bonds. The first-order chi connectivity index (χ1) is 9.42. The van der Waals surface area contributed by atoms with Crippen LogP contribution < -0.4 is 0 Å². The molecule has 0 saturated heterocycles. The lowest BCUT2D eigenvalue weighted by atomic mass is 10.2. The van der Waals surface area contributed by atoms with E-state index < -0.39 is 11.7 Å². The number of hydrogen-bond donors (Lipinski definition) is 0. The highest BCUT2D eigenvalue weighted by molar-refractivity contribution is 5.80. The summed E-state index contributed by atoms with van der Waals surface area (Å²) in [6.07, 6.45) is 1.14. The Morgan fingerprint density at radius 3 is 2.50 bits per heavy atom. The molecular formula is C15H22N2O3. The van der Waals surface area contributed by atoms with Gasteiger partial charge in [-0.15, -0.1) is 0 Å². The van der Waals surface area contributed by atoms with E-state index in [1.807, 2.05) is 51.1 Å². The Morgan fingerprint density at radius 2 is 1.95 bits per heavy atom. The summed E-state index contributed by atoms with van der Waals surface area (Å²) >= 11 is 0. The van der Waals surface area contributed by atoms with Gasteiger partial charge in [-0.1, -0.05) is 30.3 Å². The standard InChI is InChI=1S/C15H22N2O3/c1-15(2,3)20-14(18)17(10-11-19-4)16-12-13-8-6-5-7-9-13/h5-9,12H,10-11H2,1-4H3/b16-12-. The molecule has 0 aliphatic rings. The second kappa shape index (κ2) is 7.65. The molecule has 0 aromatic heterocycles. The van der Waals surface area contributed by atoms with Crippen molar-refractivity contribution in [3.05, 3.63) is 35.9 Å². The van der Waals surface area contributed by atoms with Gasteiger partial charge < -0.3 is 9.47 Å². The summed E-state index contributed by atoms with van der Waals surface area (Å²) in [5.74, 6) is 0. The number of carbonyl (C=O) groups excluding carboxylic acids is 1. The molecule has 0 aliphatic heterocycles. The molecule has 0 N–H and O–H groups in total. The van der Waals surface area contributed by atoms with Crippen molar-refractivity contribution in [3.8, 4) is 0 Å². The number of nitrogens with zero attached hydrogens (tertiary/aromatic N) is 2. The van der Waals surface area contributed by atoms with Crippen molar-refractivity contribution in [1.82, 2.24) is 5.01 Å². The van der Waals surface area contributed by atoms with Gasteiger partial charge in [-0.3, -0.25) is 0 Å². The molecule has 0 saturated carbocycles. The summed E-state index contributed by atoms with van der Waals surface area (Å²) in [5.41, 5.74) is 0.364. The first-order valence-corrected chi connectivity index (χ1v) is 6.51. The zero-order valence-corrected chi connectivity index (χ0v) is 12.5. The number of benzene rings is 1. The Kier molecular flexibility index (Phi) is 6.18. The minimum Gasteiger partial charge on any atom is -0.442 e. The van der Waals surface area contributed by atoms with Gasteiger partial charge in [0.2, 0.25) is 0 Å². The van der Waals surface area contributed by atoms with E-state index in [1.165, 1.54) is 5.01 Å². The van der Waals surface area contributed by atoms with E-state index >= 15 is 0 Å². The van der Waals surface area contributed by atoms with Crippen LogP contribution in [0, 0.1) is 0 Å². The van der Waals surface area contributed by atoms with Crippen LogP contribution in [-0.4, -0.2) is 43.2 Å². The van der Waals surface area contributed by atoms with E-state index in [0.717, 1.165) is 5.56 Å². The van der Waals surface area contributed by atoms with Crippen molar-refractivity contribution in [1.29, 1.82) is 0 Å². The number of hydrogen-bond acceptors (Lipinski definition) is 4. The maximum atomic E-state index is 12.0. The molecule has 0 fully saturated rings. The number of ether oxygens (including phenoxy) is 2. The lowest BCUT2D eigenvalue weighted by Crippen LogP contribution is -2.35. The summed E-state index contributed by atoms with van der Waals surface area (Å²) in [7, 11) is 1.58. The minimum absolute atomic E-state index is 0.342. The minimum atomic E-state index is -0.551. The molecule has 0 atom stereocenters. The third kappa shape index (κ3) is 6.33. The van der Waals surface area contributed by atoms with Crippen molar-refractivity contribution in [2.24, 2.45) is 5.10 Å². The van der Waals surface area contributed by atoms with Crippen molar-refractivity contribution in [2.75, 3.05) is 20.3 Å². The summed E-state index contributed by atoms with van der Waals surface area (Å²) < 4.78 is 10.3. The average Bonchev–Trinajstić information content (AvgIpc) is 2.38. The van der Waals surface area contributed by atoms with E-state index in [2.05, 4.69) is 5.10 Å². The van der Waals surface area contributed by atoms with E-state index in [9.17, 15) is 4.79 Å². The number of hydrazone groups is 1. The van der Waals surface area contributed by atoms with Gasteiger partial charge in [0.05, 0.1) is 19.4 Å². The maximum Gasteiger partial charge on any atom is 0.430 e. The van der Waals surface area contributed by atoms with Crippen LogP contribution in [0.15, 0.2) is 35.4 Å². The van der Waals surface area contributed by atoms with Crippen LogP contribution in [0.5, 0.6) is 0 Å². The second-order valence-corrected chi connectivity index (χ2v) is 5.25. The Morgan fingerprint density at radius 1 is 1.30 bits per heavy atom. The van der Waals surface area contributed by atoms with Crippen molar-refractivity contribution >= 4 is 12.3 Å². The fourth-order valence-electron chi connectivity index (χ4n) is 1.36. The highest BCUT2D eigenvalue weighted by atomic mass is 16.6. The molecule has 5 heteroatoms. The number of rotatable bonds is 5. The van der Waals surface area contributed by atoms with Crippen LogP contribution in [0.2, 0.25) is 0 Å². The van der Waals surface area contributed by atoms with Crippen molar-refractivity contribution < 1.29 is 14.3 Å². The number of methoxy groups -OCH3 is 1. The smallest absolute Gasteiger partial charge is 0.430 e. The lowest BCUT2D eigenvalue weighted by molar-refractivity contribution is 0.0208. The van der Waals surface area contributed by atoms with Crippen LogP contribution >= 0.6 is 0 Å². The number of carbonyl (C=O) groups is 1. The van der Waals surface area contributed by atoms with Gasteiger partial charge in [-0.05, 0) is 26.3 Å². The maximum absolute atomic E-state index is 12.0. The molecular weight excluding hydrogens is 256 g/mol. The molecule has 20 heavy (non-hydrogen) atoms. The van der Waals surface area contributed by atoms with Crippen molar-refractivity contribution in [2.45, 2.75) is 26.4 Å². The van der Waals surface area contributed by atoms with E-state index in [1.54, 1.807) is 13.3 Å². The van der Waals surface area contributed by atoms with Gasteiger partial charge in [0.25, 0.3) is 0 Å². The molecule has 0 heterocycles. The first-order valence-electron chi connectivity index (χ1n) is 6.51. The molecule has 1 aromatic carbocycles. The fraction of sp³-hybridized carbons (Fsp3) is 0.467. The SMILES string of the molecule is COCCN(/N=C\c1ccccc1)C(=O)OC(C)(C)C. The van der Waals surface area contributed by atoms with E-state index in [-0.39, 0.29) is 0 Å². The molecule has 5 nitrogen and oxygen atoms in total. The summed E-state index contributed by atoms with van der Waals surface area (Å²) in [4.78, 5) is 12.0. The zero-order valence-electron chi connectivity index (χ0n) is 12.5. The van der Waals surface area contributed by atoms with Crippen molar-refractivity contribution in [3.63, 3.8) is 0 Å². The normalized spacial score (nSPS) is 11.6. The largest absolute Gasteiger partial charge is 0.442 e. The third-order valence-corrected chi connectivity index (χ3v) is 2.26. The molecule has 1 rings (SSSR count). The van der Waals surface area contributed by atoms with E-state index in [0.29, 0.717) is 13.2 Å². The van der Waals surface area contributed by atoms with Crippen LogP contribution in [0.4, 0.5) is 4.79 Å². The molecule has 0 bridgehead atoms. The van der Waals surface area contributed by atoms with Crippen LogP contribution in [-0.2, 0) is 9.47 Å². The predicted octanol–water partition coefficient (Wildman–Crippen LogP) is 2.90. The first kappa shape index (κ1) is 16.2. The Balaban J connectivity index is 2.73. The topological polar surface area (TPSA) is 51.1 Å². The van der Waals surface area contributed by atoms with E-state index in [4.69, 9.17) is 9.47 Å². The van der Waals surface area contributed by atoms with Gasteiger partial charge in [0, 0.05) is 7.11 Å². The fourth-order valence-corrected chi connectivity index (χ4v) is 1.36. The average molecular weight is 278 g/mol. The predicted molar refractivity (Wildman–Crippen MR) is 78.9 cm³/mol. The third-order valence-electron chi connectivity index (χ3n) is 2.26. The second-order valence-electron chi connectivity index (χ2n) is 5.25. The van der Waals surface area contributed by atoms with Gasteiger partial charge in [-0.25, -0.2) is 4.79 Å². The molecule has 0 radical (unpaired) electrons. The molecule has 1 aromatic rings. The molecule has 0 unspecified atom stereocenters. The van der Waals surface area contributed by atoms with Gasteiger partial charge >= 0.3 is 6.09 Å². The number of amides is 1. The Labute approximate surface area is 120 Å². The molecule has 0 aliphatic carbocycles. The van der Waals surface area contributed by atoms with Gasteiger partial charge in [0.15, 0.2) is 0 Å². The Bertz CT molecular complexity index is 438. The summed E-state index contributed by atoms with van der Waals surface area (Å²) in [6.45, 7) is 6.20. The summed E-state index contributed by atoms with van der Waals surface area (Å²) in [5, 5.41) is 5.43. The zero-order chi connectivity index (χ0) is 15.0. The summed E-state index contributed by atoms with van der Waals surface area (Å²) in [6, 6.07) is 9.57. The molecule has 110 valence electrons. The van der Waals surface area contributed by atoms with Crippen LogP contribution in [0.1, 0.15) is 26.3 Å². The van der Waals surface area contributed by atoms with Crippen LogP contribution in [0.25, 0.3) is 0 Å². The highest BCUT2D eigenvalue weighted by Gasteiger charge is 2.21. The quantitative estimate of drug-likeness (QED) is 0.614. The highest BCUT2D eigenvalue weighted by Crippen LogP contribution is 2.10. The Hall–Kier alpha value is -1.88. The molecule has 0 spiro atoms. The monoisotopic (exact) mass is 278 g/mol.